The van der Waals surface area contributed by atoms with Gasteiger partial charge in [0.1, 0.15) is 11.4 Å². The highest BCUT2D eigenvalue weighted by Gasteiger charge is 2.48. The van der Waals surface area contributed by atoms with Crippen molar-refractivity contribution in [1.82, 2.24) is 14.1 Å². The lowest BCUT2D eigenvalue weighted by atomic mass is 9.87. The SMILES string of the molecule is C[C@H]1CN(C(=O)OC(C)(C)C)CCN1C(=O)[C@@H]1CN(S(=O)(=O)c2ccccc2[N+](=O)[O-])C[C@H]1c1ccc(Cl)cc1F. The van der Waals surface area contributed by atoms with Gasteiger partial charge in [-0.25, -0.2) is 17.6 Å². The normalized spacial score (nSPS) is 22.0. The van der Waals surface area contributed by atoms with Gasteiger partial charge in [0.05, 0.1) is 10.8 Å². The molecule has 2 amide bonds. The van der Waals surface area contributed by atoms with E-state index in [1.165, 1.54) is 29.2 Å². The second-order valence-electron chi connectivity index (χ2n) is 11.2. The molecule has 0 bridgehead atoms. The van der Waals surface area contributed by atoms with E-state index < -0.39 is 66.8 Å². The molecule has 11 nitrogen and oxygen atoms in total. The molecule has 0 saturated carbocycles. The van der Waals surface area contributed by atoms with Crippen LogP contribution in [0, 0.1) is 21.8 Å². The molecule has 0 unspecified atom stereocenters. The maximum absolute atomic E-state index is 15.1. The van der Waals surface area contributed by atoms with E-state index in [4.69, 9.17) is 16.3 Å². The summed E-state index contributed by atoms with van der Waals surface area (Å²) in [7, 11) is -4.42. The van der Waals surface area contributed by atoms with Crippen molar-refractivity contribution >= 4 is 39.3 Å². The highest BCUT2D eigenvalue weighted by Crippen LogP contribution is 2.40. The fourth-order valence-corrected chi connectivity index (χ4v) is 7.10. The summed E-state index contributed by atoms with van der Waals surface area (Å²) < 4.78 is 48.9. The Labute approximate surface area is 243 Å². The predicted molar refractivity (Wildman–Crippen MR) is 148 cm³/mol. The topological polar surface area (TPSA) is 130 Å². The van der Waals surface area contributed by atoms with Gasteiger partial charge in [-0.05, 0) is 51.5 Å². The highest BCUT2D eigenvalue weighted by molar-refractivity contribution is 7.89. The molecule has 0 radical (unpaired) electrons. The van der Waals surface area contributed by atoms with Gasteiger partial charge < -0.3 is 14.5 Å². The van der Waals surface area contributed by atoms with E-state index in [-0.39, 0.29) is 43.3 Å². The first kappa shape index (κ1) is 30.7. The molecule has 14 heteroatoms. The van der Waals surface area contributed by atoms with Crippen molar-refractivity contribution in [2.75, 3.05) is 32.7 Å². The number of piperazine rings is 1. The quantitative estimate of drug-likeness (QED) is 0.365. The molecule has 2 aromatic rings. The summed E-state index contributed by atoms with van der Waals surface area (Å²) in [4.78, 5) is 39.9. The summed E-state index contributed by atoms with van der Waals surface area (Å²) in [5.41, 5.74) is -1.16. The molecule has 41 heavy (non-hydrogen) atoms. The number of hydrogen-bond donors (Lipinski definition) is 0. The molecule has 4 rings (SSSR count). The van der Waals surface area contributed by atoms with Gasteiger partial charge in [-0.1, -0.05) is 29.8 Å². The predicted octanol–water partition coefficient (Wildman–Crippen LogP) is 4.26. The molecule has 2 fully saturated rings. The molecule has 2 aliphatic heterocycles. The molecule has 0 aliphatic carbocycles. The van der Waals surface area contributed by atoms with Crippen LogP contribution < -0.4 is 0 Å². The summed E-state index contributed by atoms with van der Waals surface area (Å²) in [5.74, 6) is -2.96. The van der Waals surface area contributed by atoms with Gasteiger partial charge in [-0.3, -0.25) is 14.9 Å². The molecule has 222 valence electrons. The van der Waals surface area contributed by atoms with Crippen molar-refractivity contribution < 1.29 is 32.1 Å². The average molecular weight is 611 g/mol. The second kappa shape index (κ2) is 11.5. The van der Waals surface area contributed by atoms with Crippen LogP contribution in [0.2, 0.25) is 5.02 Å². The molecule has 2 heterocycles. The number of benzene rings is 2. The van der Waals surface area contributed by atoms with Gasteiger partial charge in [-0.15, -0.1) is 0 Å². The van der Waals surface area contributed by atoms with E-state index in [1.54, 1.807) is 32.6 Å². The van der Waals surface area contributed by atoms with Crippen LogP contribution in [-0.2, 0) is 19.6 Å². The second-order valence-corrected chi connectivity index (χ2v) is 13.6. The zero-order valence-electron chi connectivity index (χ0n) is 23.1. The first-order chi connectivity index (χ1) is 19.1. The van der Waals surface area contributed by atoms with Crippen LogP contribution in [0.15, 0.2) is 47.4 Å². The van der Waals surface area contributed by atoms with Crippen LogP contribution in [-0.4, -0.2) is 83.8 Å². The monoisotopic (exact) mass is 610 g/mol. The minimum atomic E-state index is -4.42. The standard InChI is InChI=1S/C27H32ClFN4O7S/c1-17-14-30(26(35)40-27(2,3)4)11-12-32(17)25(34)21-16-31(15-20(21)19-10-9-18(28)13-22(19)29)41(38,39)24-8-6-5-7-23(24)33(36)37/h5-10,13,17,20-21H,11-12,14-16H2,1-4H3/t17-,20-,21+/m0/s1. The zero-order valence-corrected chi connectivity index (χ0v) is 24.7. The maximum atomic E-state index is 15.1. The van der Waals surface area contributed by atoms with Gasteiger partial charge in [0.2, 0.25) is 15.9 Å². The van der Waals surface area contributed by atoms with Crippen molar-refractivity contribution in [3.63, 3.8) is 0 Å². The first-order valence-corrected chi connectivity index (χ1v) is 14.9. The van der Waals surface area contributed by atoms with E-state index in [0.717, 1.165) is 22.5 Å². The van der Waals surface area contributed by atoms with E-state index in [9.17, 15) is 28.1 Å². The maximum Gasteiger partial charge on any atom is 0.410 e. The number of sulfonamides is 1. The Hall–Kier alpha value is -3.29. The minimum absolute atomic E-state index is 0.119. The minimum Gasteiger partial charge on any atom is -0.444 e. The van der Waals surface area contributed by atoms with Crippen molar-refractivity contribution in [2.24, 2.45) is 5.92 Å². The van der Waals surface area contributed by atoms with Crippen LogP contribution in [0.5, 0.6) is 0 Å². The van der Waals surface area contributed by atoms with Crippen molar-refractivity contribution in [3.05, 3.63) is 69.0 Å². The number of ether oxygens (including phenoxy) is 1. The van der Waals surface area contributed by atoms with Crippen LogP contribution in [0.3, 0.4) is 0 Å². The molecule has 0 aromatic heterocycles. The van der Waals surface area contributed by atoms with Crippen molar-refractivity contribution in [3.8, 4) is 0 Å². The summed E-state index contributed by atoms with van der Waals surface area (Å²) in [6, 6.07) is 8.52. The zero-order chi connectivity index (χ0) is 30.3. The summed E-state index contributed by atoms with van der Waals surface area (Å²) in [6.07, 6.45) is -0.500. The number of nitro groups is 1. The Balaban J connectivity index is 1.64. The fourth-order valence-electron chi connectivity index (χ4n) is 5.29. The Morgan fingerprint density at radius 2 is 1.78 bits per heavy atom. The largest absolute Gasteiger partial charge is 0.444 e. The number of nitro benzene ring substituents is 1. The highest BCUT2D eigenvalue weighted by atomic mass is 35.5. The number of amides is 2. The van der Waals surface area contributed by atoms with E-state index in [1.807, 2.05) is 0 Å². The summed E-state index contributed by atoms with van der Waals surface area (Å²) >= 11 is 5.94. The molecular formula is C27H32ClFN4O7S. The number of nitrogens with zero attached hydrogens (tertiary/aromatic N) is 4. The third-order valence-electron chi connectivity index (χ3n) is 7.21. The first-order valence-electron chi connectivity index (χ1n) is 13.1. The van der Waals surface area contributed by atoms with Crippen molar-refractivity contribution in [1.29, 1.82) is 0 Å². The number of halogens is 2. The number of rotatable bonds is 5. The van der Waals surface area contributed by atoms with Crippen LogP contribution >= 0.6 is 11.6 Å². The molecule has 2 saturated heterocycles. The third kappa shape index (κ3) is 6.47. The van der Waals surface area contributed by atoms with Gasteiger partial charge in [-0.2, -0.15) is 4.31 Å². The Kier molecular flexibility index (Phi) is 8.63. The van der Waals surface area contributed by atoms with Gasteiger partial charge in [0.25, 0.3) is 5.69 Å². The summed E-state index contributed by atoms with van der Waals surface area (Å²) in [5, 5.41) is 11.7. The van der Waals surface area contributed by atoms with Gasteiger partial charge in [0, 0.05) is 55.8 Å². The molecule has 2 aliphatic rings. The summed E-state index contributed by atoms with van der Waals surface area (Å²) in [6.45, 7) is 7.04. The van der Waals surface area contributed by atoms with Crippen molar-refractivity contribution in [2.45, 2.75) is 50.2 Å². The third-order valence-corrected chi connectivity index (χ3v) is 9.32. The van der Waals surface area contributed by atoms with Gasteiger partial charge >= 0.3 is 6.09 Å². The lowest BCUT2D eigenvalue weighted by Gasteiger charge is -2.41. The van der Waals surface area contributed by atoms with E-state index in [2.05, 4.69) is 0 Å². The lowest BCUT2D eigenvalue weighted by Crippen LogP contribution is -2.57. The molecular weight excluding hydrogens is 579 g/mol. The van der Waals surface area contributed by atoms with Crippen LogP contribution in [0.25, 0.3) is 0 Å². The number of hydrogen-bond acceptors (Lipinski definition) is 7. The molecule has 0 N–H and O–H groups in total. The molecule has 0 spiro atoms. The average Bonchev–Trinajstić information content (AvgIpc) is 3.33. The molecule has 3 atom stereocenters. The number of carbonyl (C=O) groups is 2. The fraction of sp³-hybridized carbons (Fsp3) is 0.481. The Bertz CT molecular complexity index is 1470. The molecule has 2 aromatic carbocycles. The van der Waals surface area contributed by atoms with E-state index in [0.29, 0.717) is 0 Å². The Morgan fingerprint density at radius 3 is 2.39 bits per heavy atom. The van der Waals surface area contributed by atoms with Gasteiger partial charge in [0.15, 0.2) is 4.90 Å². The van der Waals surface area contributed by atoms with E-state index >= 15 is 4.39 Å². The number of para-hydroxylation sites is 1. The smallest absolute Gasteiger partial charge is 0.410 e. The number of carbonyl (C=O) groups excluding carboxylic acids is 2. The lowest BCUT2D eigenvalue weighted by molar-refractivity contribution is -0.387. The van der Waals surface area contributed by atoms with Crippen LogP contribution in [0.1, 0.15) is 39.2 Å². The van der Waals surface area contributed by atoms with Crippen LogP contribution in [0.4, 0.5) is 14.9 Å². The Morgan fingerprint density at radius 1 is 1.10 bits per heavy atom.